The standard InChI is InChI=1S/C23H22N6O3/c1-13-10-18-17(11-16(13)23(31)28-8-6-14-4-2-7-24-19(14)28)25-22(30)21-27-26-20(29(18)21)15-5-3-9-32-12-15/h2,4,7,10-11,15H,3,5-6,8-9,12H2,1H3,(H,25,30). The molecule has 1 saturated heterocycles. The molecule has 5 heterocycles. The molecule has 162 valence electrons. The number of hydrogen-bond donors (Lipinski definition) is 1. The molecule has 1 unspecified atom stereocenters. The molecule has 0 bridgehead atoms. The van der Waals surface area contributed by atoms with Crippen molar-refractivity contribution in [2.45, 2.75) is 32.1 Å². The van der Waals surface area contributed by atoms with Crippen molar-refractivity contribution >= 4 is 28.4 Å². The van der Waals surface area contributed by atoms with Crippen molar-refractivity contribution in [3.63, 3.8) is 0 Å². The number of pyridine rings is 1. The molecule has 0 saturated carbocycles. The van der Waals surface area contributed by atoms with E-state index >= 15 is 0 Å². The minimum absolute atomic E-state index is 0.0811. The number of nitrogens with one attached hydrogen (secondary N) is 1. The number of H-pyrrole nitrogens is 1. The molecule has 1 aromatic carbocycles. The molecule has 2 aliphatic rings. The second-order valence-electron chi connectivity index (χ2n) is 8.46. The molecule has 2 aliphatic heterocycles. The van der Waals surface area contributed by atoms with Gasteiger partial charge in [-0.2, -0.15) is 0 Å². The molecular formula is C23H22N6O3. The molecule has 0 aliphatic carbocycles. The van der Waals surface area contributed by atoms with E-state index in [0.717, 1.165) is 48.3 Å². The van der Waals surface area contributed by atoms with Crippen LogP contribution in [0, 0.1) is 6.92 Å². The number of benzene rings is 1. The quantitative estimate of drug-likeness (QED) is 0.523. The van der Waals surface area contributed by atoms with Gasteiger partial charge in [-0.25, -0.2) is 4.98 Å². The Morgan fingerprint density at radius 1 is 1.28 bits per heavy atom. The van der Waals surface area contributed by atoms with Crippen molar-refractivity contribution in [2.24, 2.45) is 0 Å². The number of carbonyl (C=O) groups excluding carboxylic acids is 1. The second-order valence-corrected chi connectivity index (χ2v) is 8.46. The number of amides is 1. The Morgan fingerprint density at radius 3 is 3.03 bits per heavy atom. The van der Waals surface area contributed by atoms with Crippen LogP contribution < -0.4 is 10.5 Å². The first-order valence-corrected chi connectivity index (χ1v) is 10.9. The molecule has 3 aromatic heterocycles. The largest absolute Gasteiger partial charge is 0.381 e. The van der Waals surface area contributed by atoms with Crippen molar-refractivity contribution in [2.75, 3.05) is 24.7 Å². The number of aromatic nitrogens is 5. The zero-order valence-electron chi connectivity index (χ0n) is 17.7. The van der Waals surface area contributed by atoms with Crippen molar-refractivity contribution in [1.82, 2.24) is 24.6 Å². The SMILES string of the molecule is Cc1cc2c(cc1C(=O)N1CCc3cccnc31)[nH]c(=O)c1nnc(C3CCCOC3)n12. The van der Waals surface area contributed by atoms with Gasteiger partial charge in [0, 0.05) is 30.8 Å². The van der Waals surface area contributed by atoms with Gasteiger partial charge in [-0.15, -0.1) is 10.2 Å². The zero-order chi connectivity index (χ0) is 21.8. The van der Waals surface area contributed by atoms with E-state index in [1.807, 2.05) is 29.5 Å². The molecule has 9 heteroatoms. The first-order valence-electron chi connectivity index (χ1n) is 10.9. The summed E-state index contributed by atoms with van der Waals surface area (Å²) in [5, 5.41) is 8.48. The topological polar surface area (TPSA) is 105 Å². The highest BCUT2D eigenvalue weighted by molar-refractivity contribution is 6.09. The lowest BCUT2D eigenvalue weighted by molar-refractivity contribution is 0.0778. The average Bonchev–Trinajstić information content (AvgIpc) is 3.45. The first kappa shape index (κ1) is 19.1. The summed E-state index contributed by atoms with van der Waals surface area (Å²) in [5.74, 6) is 1.40. The fraction of sp³-hybridized carbons (Fsp3) is 0.348. The molecule has 1 amide bonds. The van der Waals surface area contributed by atoms with E-state index in [1.165, 1.54) is 0 Å². The fourth-order valence-electron chi connectivity index (χ4n) is 4.83. The predicted molar refractivity (Wildman–Crippen MR) is 118 cm³/mol. The summed E-state index contributed by atoms with van der Waals surface area (Å²) >= 11 is 0. The van der Waals surface area contributed by atoms with Gasteiger partial charge in [0.15, 0.2) is 0 Å². The monoisotopic (exact) mass is 430 g/mol. The number of fused-ring (bicyclic) bond motifs is 4. The molecule has 0 spiro atoms. The molecule has 1 N–H and O–H groups in total. The van der Waals surface area contributed by atoms with Crippen LogP contribution in [0.5, 0.6) is 0 Å². The highest BCUT2D eigenvalue weighted by Gasteiger charge is 2.29. The Bertz CT molecular complexity index is 1430. The van der Waals surface area contributed by atoms with E-state index in [-0.39, 0.29) is 23.0 Å². The highest BCUT2D eigenvalue weighted by Crippen LogP contribution is 2.30. The Kier molecular flexibility index (Phi) is 4.32. The Hall–Kier alpha value is -3.59. The van der Waals surface area contributed by atoms with Crippen LogP contribution in [0.25, 0.3) is 16.7 Å². The van der Waals surface area contributed by atoms with E-state index in [2.05, 4.69) is 20.2 Å². The summed E-state index contributed by atoms with van der Waals surface area (Å²) in [5.41, 5.74) is 3.71. The third-order valence-electron chi connectivity index (χ3n) is 6.45. The third kappa shape index (κ3) is 2.85. The molecule has 0 radical (unpaired) electrons. The number of anilines is 1. The predicted octanol–water partition coefficient (Wildman–Crippen LogP) is 2.37. The van der Waals surface area contributed by atoms with Crippen LogP contribution in [0.4, 0.5) is 5.82 Å². The van der Waals surface area contributed by atoms with Gasteiger partial charge in [0.1, 0.15) is 11.6 Å². The van der Waals surface area contributed by atoms with Gasteiger partial charge in [0.25, 0.3) is 11.5 Å². The third-order valence-corrected chi connectivity index (χ3v) is 6.45. The van der Waals surface area contributed by atoms with Gasteiger partial charge in [-0.05, 0) is 55.5 Å². The van der Waals surface area contributed by atoms with Gasteiger partial charge in [0.05, 0.1) is 17.6 Å². The Labute approximate surface area is 183 Å². The van der Waals surface area contributed by atoms with Crippen LogP contribution in [0.15, 0.2) is 35.3 Å². The fourth-order valence-corrected chi connectivity index (χ4v) is 4.83. The van der Waals surface area contributed by atoms with Crippen LogP contribution in [-0.2, 0) is 11.2 Å². The van der Waals surface area contributed by atoms with Gasteiger partial charge in [0.2, 0.25) is 5.65 Å². The van der Waals surface area contributed by atoms with Crippen molar-refractivity contribution in [3.05, 3.63) is 63.3 Å². The molecule has 6 rings (SSSR count). The molecule has 1 atom stereocenters. The summed E-state index contributed by atoms with van der Waals surface area (Å²) in [7, 11) is 0. The number of carbonyl (C=O) groups is 1. The second kappa shape index (κ2) is 7.23. The minimum Gasteiger partial charge on any atom is -0.381 e. The van der Waals surface area contributed by atoms with Crippen LogP contribution in [-0.4, -0.2) is 50.2 Å². The lowest BCUT2D eigenvalue weighted by atomic mass is 10.0. The number of nitrogens with zero attached hydrogens (tertiary/aromatic N) is 5. The van der Waals surface area contributed by atoms with E-state index in [0.29, 0.717) is 30.0 Å². The van der Waals surface area contributed by atoms with E-state index < -0.39 is 0 Å². The van der Waals surface area contributed by atoms with Crippen molar-refractivity contribution < 1.29 is 9.53 Å². The zero-order valence-corrected chi connectivity index (χ0v) is 17.7. The summed E-state index contributed by atoms with van der Waals surface area (Å²) in [4.78, 5) is 35.2. The molecule has 32 heavy (non-hydrogen) atoms. The van der Waals surface area contributed by atoms with Crippen LogP contribution in [0.3, 0.4) is 0 Å². The van der Waals surface area contributed by atoms with Crippen LogP contribution in [0.1, 0.15) is 46.1 Å². The highest BCUT2D eigenvalue weighted by atomic mass is 16.5. The number of aromatic amines is 1. The van der Waals surface area contributed by atoms with Gasteiger partial charge in [-0.3, -0.25) is 18.9 Å². The Morgan fingerprint density at radius 2 is 2.19 bits per heavy atom. The van der Waals surface area contributed by atoms with E-state index in [1.54, 1.807) is 17.2 Å². The Balaban J connectivity index is 1.49. The maximum Gasteiger partial charge on any atom is 0.294 e. The maximum absolute atomic E-state index is 13.4. The molecular weight excluding hydrogens is 408 g/mol. The minimum atomic E-state index is -0.330. The van der Waals surface area contributed by atoms with Gasteiger partial charge < -0.3 is 9.72 Å². The molecule has 9 nitrogen and oxygen atoms in total. The lowest BCUT2D eigenvalue weighted by Crippen LogP contribution is -2.30. The molecule has 4 aromatic rings. The number of hydrogen-bond acceptors (Lipinski definition) is 6. The lowest BCUT2D eigenvalue weighted by Gasteiger charge is -2.21. The smallest absolute Gasteiger partial charge is 0.294 e. The summed E-state index contributed by atoms with van der Waals surface area (Å²) in [6.45, 7) is 3.81. The maximum atomic E-state index is 13.4. The summed E-state index contributed by atoms with van der Waals surface area (Å²) in [6.07, 6.45) is 4.37. The van der Waals surface area contributed by atoms with Crippen molar-refractivity contribution in [3.8, 4) is 0 Å². The number of aryl methyl sites for hydroxylation is 1. The first-order chi connectivity index (χ1) is 15.6. The van der Waals surface area contributed by atoms with E-state index in [9.17, 15) is 9.59 Å². The number of rotatable bonds is 2. The molecule has 1 fully saturated rings. The average molecular weight is 430 g/mol. The van der Waals surface area contributed by atoms with Crippen LogP contribution >= 0.6 is 0 Å². The van der Waals surface area contributed by atoms with Gasteiger partial charge in [-0.1, -0.05) is 6.07 Å². The van der Waals surface area contributed by atoms with Gasteiger partial charge >= 0.3 is 0 Å². The van der Waals surface area contributed by atoms with Crippen molar-refractivity contribution in [1.29, 1.82) is 0 Å². The summed E-state index contributed by atoms with van der Waals surface area (Å²) < 4.78 is 7.45. The normalized spacial score (nSPS) is 18.4. The number of ether oxygens (including phenoxy) is 1. The van der Waals surface area contributed by atoms with Crippen LogP contribution in [0.2, 0.25) is 0 Å². The van der Waals surface area contributed by atoms with E-state index in [4.69, 9.17) is 4.74 Å². The summed E-state index contributed by atoms with van der Waals surface area (Å²) in [6, 6.07) is 7.57.